The van der Waals surface area contributed by atoms with Gasteiger partial charge in [-0.05, 0) is 36.6 Å². The van der Waals surface area contributed by atoms with Gasteiger partial charge in [-0.15, -0.1) is 0 Å². The SMILES string of the molecule is COc1ccc(C[C@@H]2CCC(=O)O2)c(C)c1. The van der Waals surface area contributed by atoms with Crippen LogP contribution in [0.2, 0.25) is 0 Å². The van der Waals surface area contributed by atoms with Gasteiger partial charge in [0, 0.05) is 12.8 Å². The first kappa shape index (κ1) is 11.0. The summed E-state index contributed by atoms with van der Waals surface area (Å²) in [5.74, 6) is 0.792. The van der Waals surface area contributed by atoms with E-state index >= 15 is 0 Å². The molecule has 0 saturated carbocycles. The molecule has 1 aromatic carbocycles. The highest BCUT2D eigenvalue weighted by atomic mass is 16.5. The Hall–Kier alpha value is -1.51. The minimum Gasteiger partial charge on any atom is -0.497 e. The number of methoxy groups -OCH3 is 1. The topological polar surface area (TPSA) is 35.5 Å². The third-order valence-corrected chi connectivity index (χ3v) is 2.97. The quantitative estimate of drug-likeness (QED) is 0.733. The number of aryl methyl sites for hydroxylation is 1. The molecule has 0 aliphatic carbocycles. The van der Waals surface area contributed by atoms with Crippen LogP contribution in [0.3, 0.4) is 0 Å². The van der Waals surface area contributed by atoms with Crippen LogP contribution in [0.4, 0.5) is 0 Å². The zero-order chi connectivity index (χ0) is 11.5. The summed E-state index contributed by atoms with van der Waals surface area (Å²) in [4.78, 5) is 11.0. The highest BCUT2D eigenvalue weighted by Crippen LogP contribution is 2.22. The molecular weight excluding hydrogens is 204 g/mol. The molecule has 16 heavy (non-hydrogen) atoms. The van der Waals surface area contributed by atoms with Gasteiger partial charge in [0.05, 0.1) is 7.11 Å². The van der Waals surface area contributed by atoms with Crippen LogP contribution in [0.5, 0.6) is 5.75 Å². The fourth-order valence-corrected chi connectivity index (χ4v) is 2.00. The number of rotatable bonds is 3. The lowest BCUT2D eigenvalue weighted by Gasteiger charge is -2.12. The van der Waals surface area contributed by atoms with Crippen LogP contribution in [-0.2, 0) is 16.0 Å². The lowest BCUT2D eigenvalue weighted by molar-refractivity contribution is -0.141. The van der Waals surface area contributed by atoms with Crippen LogP contribution < -0.4 is 4.74 Å². The van der Waals surface area contributed by atoms with Crippen LogP contribution in [0.1, 0.15) is 24.0 Å². The molecule has 0 spiro atoms. The number of carbonyl (C=O) groups is 1. The van der Waals surface area contributed by atoms with E-state index < -0.39 is 0 Å². The minimum absolute atomic E-state index is 0.0552. The predicted octanol–water partition coefficient (Wildman–Crippen LogP) is 2.25. The molecule has 1 aliphatic rings. The summed E-state index contributed by atoms with van der Waals surface area (Å²) in [5, 5.41) is 0. The average Bonchev–Trinajstić information content (AvgIpc) is 2.67. The normalized spacial score (nSPS) is 19.6. The van der Waals surface area contributed by atoms with Gasteiger partial charge in [-0.1, -0.05) is 6.07 Å². The van der Waals surface area contributed by atoms with Crippen molar-refractivity contribution in [2.24, 2.45) is 0 Å². The summed E-state index contributed by atoms with van der Waals surface area (Å²) >= 11 is 0. The third-order valence-electron chi connectivity index (χ3n) is 2.97. The minimum atomic E-state index is -0.0730. The molecule has 2 rings (SSSR count). The van der Waals surface area contributed by atoms with E-state index in [0.29, 0.717) is 6.42 Å². The molecule has 0 N–H and O–H groups in total. The number of carbonyl (C=O) groups excluding carboxylic acids is 1. The van der Waals surface area contributed by atoms with E-state index in [1.165, 1.54) is 11.1 Å². The van der Waals surface area contributed by atoms with Crippen LogP contribution in [0.15, 0.2) is 18.2 Å². The fraction of sp³-hybridized carbons (Fsp3) is 0.462. The maximum atomic E-state index is 11.0. The zero-order valence-corrected chi connectivity index (χ0v) is 9.66. The first-order chi connectivity index (χ1) is 7.69. The molecule has 1 aromatic rings. The molecule has 3 heteroatoms. The number of esters is 1. The summed E-state index contributed by atoms with van der Waals surface area (Å²) in [5.41, 5.74) is 2.41. The van der Waals surface area contributed by atoms with Crippen molar-refractivity contribution in [2.45, 2.75) is 32.3 Å². The van der Waals surface area contributed by atoms with Crippen molar-refractivity contribution < 1.29 is 14.3 Å². The summed E-state index contributed by atoms with van der Waals surface area (Å²) < 4.78 is 10.4. The standard InChI is InChI=1S/C13H16O3/c1-9-7-11(15-2)4-3-10(9)8-12-5-6-13(14)16-12/h3-4,7,12H,5-6,8H2,1-2H3/t12-/m0/s1. The third kappa shape index (κ3) is 2.35. The van der Waals surface area contributed by atoms with E-state index in [9.17, 15) is 4.79 Å². The molecule has 1 saturated heterocycles. The van der Waals surface area contributed by atoms with E-state index in [2.05, 4.69) is 6.92 Å². The highest BCUT2D eigenvalue weighted by molar-refractivity contribution is 5.71. The Labute approximate surface area is 95.4 Å². The molecule has 1 fully saturated rings. The summed E-state index contributed by atoms with van der Waals surface area (Å²) in [6.45, 7) is 2.05. The number of benzene rings is 1. The van der Waals surface area contributed by atoms with E-state index in [4.69, 9.17) is 9.47 Å². The van der Waals surface area contributed by atoms with Crippen LogP contribution in [0, 0.1) is 6.92 Å². The molecule has 0 unspecified atom stereocenters. The molecular formula is C13H16O3. The number of hydrogen-bond donors (Lipinski definition) is 0. The van der Waals surface area contributed by atoms with Gasteiger partial charge in [-0.3, -0.25) is 4.79 Å². The van der Waals surface area contributed by atoms with Crippen molar-refractivity contribution in [2.75, 3.05) is 7.11 Å². The second-order valence-corrected chi connectivity index (χ2v) is 4.15. The second kappa shape index (κ2) is 4.56. The predicted molar refractivity (Wildman–Crippen MR) is 60.5 cm³/mol. The summed E-state index contributed by atoms with van der Waals surface area (Å²) in [7, 11) is 1.66. The first-order valence-corrected chi connectivity index (χ1v) is 5.52. The highest BCUT2D eigenvalue weighted by Gasteiger charge is 2.23. The van der Waals surface area contributed by atoms with Gasteiger partial charge < -0.3 is 9.47 Å². The fourth-order valence-electron chi connectivity index (χ4n) is 2.00. The van der Waals surface area contributed by atoms with Gasteiger partial charge >= 0.3 is 5.97 Å². The first-order valence-electron chi connectivity index (χ1n) is 5.52. The van der Waals surface area contributed by atoms with Gasteiger partial charge in [0.15, 0.2) is 0 Å². The van der Waals surface area contributed by atoms with Crippen LogP contribution in [-0.4, -0.2) is 19.2 Å². The van der Waals surface area contributed by atoms with Crippen molar-refractivity contribution in [1.29, 1.82) is 0 Å². The monoisotopic (exact) mass is 220 g/mol. The Morgan fingerprint density at radius 3 is 2.88 bits per heavy atom. The Morgan fingerprint density at radius 1 is 1.50 bits per heavy atom. The lowest BCUT2D eigenvalue weighted by Crippen LogP contribution is -2.11. The van der Waals surface area contributed by atoms with Crippen molar-refractivity contribution >= 4 is 5.97 Å². The Morgan fingerprint density at radius 2 is 2.31 bits per heavy atom. The van der Waals surface area contributed by atoms with Crippen LogP contribution >= 0.6 is 0 Å². The van der Waals surface area contributed by atoms with Gasteiger partial charge in [0.25, 0.3) is 0 Å². The second-order valence-electron chi connectivity index (χ2n) is 4.15. The smallest absolute Gasteiger partial charge is 0.306 e. The van der Waals surface area contributed by atoms with Gasteiger partial charge in [-0.2, -0.15) is 0 Å². The van der Waals surface area contributed by atoms with Gasteiger partial charge in [-0.25, -0.2) is 0 Å². The van der Waals surface area contributed by atoms with Crippen molar-refractivity contribution in [1.82, 2.24) is 0 Å². The molecule has 0 bridgehead atoms. The number of ether oxygens (including phenoxy) is 2. The molecule has 0 amide bonds. The van der Waals surface area contributed by atoms with Gasteiger partial charge in [0.1, 0.15) is 11.9 Å². The largest absolute Gasteiger partial charge is 0.497 e. The molecule has 1 atom stereocenters. The average molecular weight is 220 g/mol. The Bertz CT molecular complexity index is 398. The summed E-state index contributed by atoms with van der Waals surface area (Å²) in [6.07, 6.45) is 2.26. The molecule has 3 nitrogen and oxygen atoms in total. The van der Waals surface area contributed by atoms with Crippen molar-refractivity contribution in [3.05, 3.63) is 29.3 Å². The molecule has 0 aromatic heterocycles. The zero-order valence-electron chi connectivity index (χ0n) is 9.66. The maximum Gasteiger partial charge on any atom is 0.306 e. The molecule has 1 heterocycles. The van der Waals surface area contributed by atoms with Gasteiger partial charge in [0.2, 0.25) is 0 Å². The lowest BCUT2D eigenvalue weighted by atomic mass is 10.0. The van der Waals surface area contributed by atoms with E-state index in [-0.39, 0.29) is 12.1 Å². The Balaban J connectivity index is 2.07. The van der Waals surface area contributed by atoms with E-state index in [1.807, 2.05) is 18.2 Å². The van der Waals surface area contributed by atoms with Crippen LogP contribution in [0.25, 0.3) is 0 Å². The van der Waals surface area contributed by atoms with Crippen molar-refractivity contribution in [3.63, 3.8) is 0 Å². The maximum absolute atomic E-state index is 11.0. The van der Waals surface area contributed by atoms with E-state index in [0.717, 1.165) is 18.6 Å². The number of hydrogen-bond acceptors (Lipinski definition) is 3. The molecule has 86 valence electrons. The Kier molecular flexibility index (Phi) is 3.13. The van der Waals surface area contributed by atoms with E-state index in [1.54, 1.807) is 7.11 Å². The van der Waals surface area contributed by atoms with Crippen molar-refractivity contribution in [3.8, 4) is 5.75 Å². The number of cyclic esters (lactones) is 1. The summed E-state index contributed by atoms with van der Waals surface area (Å²) in [6, 6.07) is 5.99. The molecule has 0 radical (unpaired) electrons. The molecule has 1 aliphatic heterocycles.